The summed E-state index contributed by atoms with van der Waals surface area (Å²) in [6.45, 7) is 8.46. The highest BCUT2D eigenvalue weighted by molar-refractivity contribution is 5.87. The van der Waals surface area contributed by atoms with Crippen LogP contribution in [0.15, 0.2) is 0 Å². The van der Waals surface area contributed by atoms with Gasteiger partial charge in [0.1, 0.15) is 5.78 Å². The monoisotopic (exact) mass is 390 g/mol. The van der Waals surface area contributed by atoms with Gasteiger partial charge in [0.15, 0.2) is 5.79 Å². The van der Waals surface area contributed by atoms with E-state index in [9.17, 15) is 9.90 Å². The summed E-state index contributed by atoms with van der Waals surface area (Å²) in [7, 11) is 0. The fraction of sp³-hybridized carbons (Fsp3) is 0.958. The molecule has 1 saturated heterocycles. The average Bonchev–Trinajstić information content (AvgIpc) is 2.99. The zero-order chi connectivity index (χ0) is 19.8. The van der Waals surface area contributed by atoms with Gasteiger partial charge in [-0.25, -0.2) is 0 Å². The van der Waals surface area contributed by atoms with Gasteiger partial charge in [0.25, 0.3) is 0 Å². The topological polar surface area (TPSA) is 55.8 Å². The predicted molar refractivity (Wildman–Crippen MR) is 107 cm³/mol. The van der Waals surface area contributed by atoms with E-state index in [0.29, 0.717) is 29.5 Å². The molecule has 4 saturated carbocycles. The van der Waals surface area contributed by atoms with Crippen molar-refractivity contribution < 1.29 is 19.4 Å². The maximum Gasteiger partial charge on any atom is 0.168 e. The number of ether oxygens (including phenoxy) is 2. The Morgan fingerprint density at radius 2 is 1.71 bits per heavy atom. The highest BCUT2D eigenvalue weighted by Crippen LogP contribution is 2.66. The summed E-state index contributed by atoms with van der Waals surface area (Å²) >= 11 is 0. The van der Waals surface area contributed by atoms with Gasteiger partial charge in [-0.1, -0.05) is 20.8 Å². The van der Waals surface area contributed by atoms with Crippen LogP contribution in [0.4, 0.5) is 0 Å². The Kier molecular flexibility index (Phi) is 4.37. The molecule has 4 nitrogen and oxygen atoms in total. The molecular formula is C24H38O4. The molecule has 0 radical (unpaired) electrons. The van der Waals surface area contributed by atoms with Crippen molar-refractivity contribution in [1.82, 2.24) is 0 Å². The summed E-state index contributed by atoms with van der Waals surface area (Å²) in [6, 6.07) is 0. The number of ketones is 1. The molecule has 0 amide bonds. The van der Waals surface area contributed by atoms with Gasteiger partial charge in [-0.2, -0.15) is 0 Å². The van der Waals surface area contributed by atoms with Crippen molar-refractivity contribution in [3.63, 3.8) is 0 Å². The molecule has 5 fully saturated rings. The molecule has 0 aromatic carbocycles. The lowest BCUT2D eigenvalue weighted by molar-refractivity contribution is -0.332. The van der Waals surface area contributed by atoms with E-state index in [1.807, 2.05) is 0 Å². The summed E-state index contributed by atoms with van der Waals surface area (Å²) in [5.74, 6) is 2.30. The Bertz CT molecular complexity index is 647. The standard InChI is InChI=1S/C24H38O4/c1-21(2)14-27-24(28-15-21)11-10-23(13-25)16(12-24)4-5-17-18-6-7-20(26)22(18,3)9-8-19(17)23/h16-19,25H,4-15H2,1-3H3/t16-,17+,18+,19+,22+,23-/m1/s1. The number of carbonyl (C=O) groups is 1. The van der Waals surface area contributed by atoms with E-state index in [4.69, 9.17) is 9.47 Å². The summed E-state index contributed by atoms with van der Waals surface area (Å²) in [5.41, 5.74) is 0.0276. The van der Waals surface area contributed by atoms with Crippen LogP contribution in [-0.2, 0) is 14.3 Å². The number of Topliss-reactive ketones (excluding diaryl/α,β-unsaturated/α-hetero) is 1. The van der Waals surface area contributed by atoms with Gasteiger partial charge in [-0.3, -0.25) is 4.79 Å². The van der Waals surface area contributed by atoms with E-state index in [0.717, 1.165) is 64.6 Å². The van der Waals surface area contributed by atoms with Crippen molar-refractivity contribution in [2.24, 2.45) is 39.9 Å². The fourth-order valence-electron chi connectivity index (χ4n) is 8.08. The van der Waals surface area contributed by atoms with E-state index in [-0.39, 0.29) is 22.9 Å². The molecule has 1 aliphatic heterocycles. The normalized spacial score (nSPS) is 49.4. The third kappa shape index (κ3) is 2.63. The quantitative estimate of drug-likeness (QED) is 0.724. The molecule has 6 atom stereocenters. The van der Waals surface area contributed by atoms with Crippen molar-refractivity contribution in [2.45, 2.75) is 84.3 Å². The van der Waals surface area contributed by atoms with Crippen LogP contribution in [-0.4, -0.2) is 36.5 Å². The van der Waals surface area contributed by atoms with Crippen LogP contribution < -0.4 is 0 Å². The van der Waals surface area contributed by atoms with Gasteiger partial charge >= 0.3 is 0 Å². The second-order valence-corrected chi connectivity index (χ2v) is 11.8. The second kappa shape index (κ2) is 6.28. The Labute approximate surface area is 169 Å². The number of aliphatic hydroxyl groups is 1. The van der Waals surface area contributed by atoms with E-state index in [1.54, 1.807) is 0 Å². The number of hydrogen-bond donors (Lipinski definition) is 1. The van der Waals surface area contributed by atoms with Crippen LogP contribution in [0.3, 0.4) is 0 Å². The van der Waals surface area contributed by atoms with Crippen molar-refractivity contribution >= 4 is 5.78 Å². The third-order valence-electron chi connectivity index (χ3n) is 9.82. The molecule has 0 unspecified atom stereocenters. The van der Waals surface area contributed by atoms with Crippen LogP contribution in [0.1, 0.15) is 78.6 Å². The minimum absolute atomic E-state index is 0.0147. The molecule has 5 rings (SSSR count). The van der Waals surface area contributed by atoms with Crippen molar-refractivity contribution in [1.29, 1.82) is 0 Å². The summed E-state index contributed by atoms with van der Waals surface area (Å²) in [6.07, 6.45) is 9.22. The van der Waals surface area contributed by atoms with Crippen molar-refractivity contribution in [2.75, 3.05) is 19.8 Å². The molecule has 28 heavy (non-hydrogen) atoms. The van der Waals surface area contributed by atoms with Gasteiger partial charge in [0, 0.05) is 36.7 Å². The number of rotatable bonds is 1. The molecule has 1 N–H and O–H groups in total. The number of hydrogen-bond acceptors (Lipinski definition) is 4. The predicted octanol–water partition coefficient (Wildman–Crippen LogP) is 4.34. The lowest BCUT2D eigenvalue weighted by atomic mass is 9.44. The van der Waals surface area contributed by atoms with Crippen LogP contribution >= 0.6 is 0 Å². The Balaban J connectivity index is 1.39. The van der Waals surface area contributed by atoms with E-state index >= 15 is 0 Å². The van der Waals surface area contributed by atoms with Crippen LogP contribution in [0.25, 0.3) is 0 Å². The third-order valence-corrected chi connectivity index (χ3v) is 9.82. The molecule has 5 aliphatic rings. The van der Waals surface area contributed by atoms with Crippen molar-refractivity contribution in [3.8, 4) is 0 Å². The molecular weight excluding hydrogens is 352 g/mol. The number of carbonyl (C=O) groups excluding carboxylic acids is 1. The first-order valence-corrected chi connectivity index (χ1v) is 11.7. The molecule has 0 aromatic rings. The molecule has 4 aliphatic carbocycles. The average molecular weight is 391 g/mol. The smallest absolute Gasteiger partial charge is 0.168 e. The molecule has 1 spiro atoms. The maximum absolute atomic E-state index is 12.6. The zero-order valence-electron chi connectivity index (χ0n) is 18.0. The van der Waals surface area contributed by atoms with Crippen LogP contribution in [0, 0.1) is 39.9 Å². The van der Waals surface area contributed by atoms with Gasteiger partial charge in [0.2, 0.25) is 0 Å². The number of aliphatic hydroxyl groups excluding tert-OH is 1. The Hall–Kier alpha value is -0.450. The summed E-state index contributed by atoms with van der Waals surface area (Å²) in [4.78, 5) is 12.6. The van der Waals surface area contributed by atoms with Crippen molar-refractivity contribution in [3.05, 3.63) is 0 Å². The van der Waals surface area contributed by atoms with Crippen LogP contribution in [0.5, 0.6) is 0 Å². The summed E-state index contributed by atoms with van der Waals surface area (Å²) < 4.78 is 12.7. The largest absolute Gasteiger partial charge is 0.396 e. The highest BCUT2D eigenvalue weighted by atomic mass is 16.7. The molecule has 158 valence electrons. The van der Waals surface area contributed by atoms with Gasteiger partial charge in [0.05, 0.1) is 13.2 Å². The van der Waals surface area contributed by atoms with Gasteiger partial charge in [-0.05, 0) is 67.6 Å². The minimum atomic E-state index is -0.418. The zero-order valence-corrected chi connectivity index (χ0v) is 18.0. The first-order valence-electron chi connectivity index (χ1n) is 11.7. The molecule has 0 bridgehead atoms. The van der Waals surface area contributed by atoms with Gasteiger partial charge < -0.3 is 14.6 Å². The SMILES string of the molecule is CC1(C)COC2(CC[C@@]3(CO)[C@H](CC[C@@H]4[C@@H]3CC[C@]3(C)C(=O)CC[C@@H]43)C2)OC1. The van der Waals surface area contributed by atoms with E-state index < -0.39 is 5.79 Å². The Morgan fingerprint density at radius 3 is 2.43 bits per heavy atom. The lowest BCUT2D eigenvalue weighted by Crippen LogP contribution is -2.60. The first kappa shape index (κ1) is 19.5. The highest BCUT2D eigenvalue weighted by Gasteiger charge is 2.63. The number of fused-ring (bicyclic) bond motifs is 5. The van der Waals surface area contributed by atoms with Crippen LogP contribution in [0.2, 0.25) is 0 Å². The van der Waals surface area contributed by atoms with E-state index in [1.165, 1.54) is 6.42 Å². The van der Waals surface area contributed by atoms with E-state index in [2.05, 4.69) is 20.8 Å². The maximum atomic E-state index is 12.6. The van der Waals surface area contributed by atoms with Gasteiger partial charge in [-0.15, -0.1) is 0 Å². The fourth-order valence-corrected chi connectivity index (χ4v) is 8.08. The lowest BCUT2D eigenvalue weighted by Gasteiger charge is -2.62. The second-order valence-electron chi connectivity index (χ2n) is 11.8. The molecule has 1 heterocycles. The molecule has 4 heteroatoms. The summed E-state index contributed by atoms with van der Waals surface area (Å²) in [5, 5.41) is 10.7. The first-order chi connectivity index (χ1) is 13.2. The minimum Gasteiger partial charge on any atom is -0.396 e. The molecule has 0 aromatic heterocycles. The Morgan fingerprint density at radius 1 is 0.964 bits per heavy atom.